The number of likely N-dealkylation sites (tertiary alicyclic amines) is 1. The molecular weight excluding hydrogens is 236 g/mol. The average molecular weight is 258 g/mol. The zero-order chi connectivity index (χ0) is 13.9. The summed E-state index contributed by atoms with van der Waals surface area (Å²) in [5.41, 5.74) is 4.97. The number of nitrogens with zero attached hydrogens (tertiary/aromatic N) is 1. The molecule has 1 aliphatic rings. The molecule has 0 aromatic rings. The molecule has 1 saturated heterocycles. The molecule has 3 N–H and O–H groups in total. The van der Waals surface area contributed by atoms with Gasteiger partial charge in [0.15, 0.2) is 0 Å². The standard InChI is InChI=1S/C12H22N2O4/c1-12(2,3)18-11(17)14-6-4-5-8(14)7-9(13)10(15)16/h8-9H,4-7,13H2,1-3H3,(H,15,16)/t8?,9-/m0/s1. The number of ether oxygens (including phenoxy) is 1. The number of carbonyl (C=O) groups is 2. The van der Waals surface area contributed by atoms with E-state index in [1.165, 1.54) is 0 Å². The summed E-state index contributed by atoms with van der Waals surface area (Å²) in [4.78, 5) is 24.3. The molecule has 1 aliphatic heterocycles. The molecule has 1 heterocycles. The molecule has 0 bridgehead atoms. The predicted octanol–water partition coefficient (Wildman–Crippen LogP) is 1.19. The van der Waals surface area contributed by atoms with E-state index in [9.17, 15) is 9.59 Å². The van der Waals surface area contributed by atoms with Crippen molar-refractivity contribution in [2.45, 2.75) is 57.7 Å². The zero-order valence-corrected chi connectivity index (χ0v) is 11.2. The minimum absolute atomic E-state index is 0.133. The fourth-order valence-electron chi connectivity index (χ4n) is 2.04. The highest BCUT2D eigenvalue weighted by atomic mass is 16.6. The van der Waals surface area contributed by atoms with Crippen molar-refractivity contribution in [2.24, 2.45) is 5.73 Å². The Morgan fingerprint density at radius 2 is 2.11 bits per heavy atom. The van der Waals surface area contributed by atoms with Gasteiger partial charge in [-0.3, -0.25) is 4.79 Å². The van der Waals surface area contributed by atoms with Gasteiger partial charge in [-0.15, -0.1) is 0 Å². The maximum atomic E-state index is 11.9. The summed E-state index contributed by atoms with van der Waals surface area (Å²) in [7, 11) is 0. The van der Waals surface area contributed by atoms with Gasteiger partial charge < -0.3 is 20.5 Å². The second-order valence-electron chi connectivity index (χ2n) is 5.65. The third-order valence-electron chi connectivity index (χ3n) is 2.85. The van der Waals surface area contributed by atoms with Crippen LogP contribution in [0.25, 0.3) is 0 Å². The minimum atomic E-state index is -1.04. The molecule has 6 nitrogen and oxygen atoms in total. The Kier molecular flexibility index (Phi) is 4.56. The first-order valence-corrected chi connectivity index (χ1v) is 6.18. The molecule has 0 radical (unpaired) electrons. The highest BCUT2D eigenvalue weighted by Gasteiger charge is 2.34. The van der Waals surface area contributed by atoms with Gasteiger partial charge in [-0.2, -0.15) is 0 Å². The van der Waals surface area contributed by atoms with Crippen molar-refractivity contribution in [1.82, 2.24) is 4.90 Å². The molecule has 1 rings (SSSR count). The Hall–Kier alpha value is -1.30. The van der Waals surface area contributed by atoms with Crippen LogP contribution >= 0.6 is 0 Å². The first-order valence-electron chi connectivity index (χ1n) is 6.18. The topological polar surface area (TPSA) is 92.9 Å². The molecule has 6 heteroatoms. The van der Waals surface area contributed by atoms with E-state index in [2.05, 4.69) is 0 Å². The van der Waals surface area contributed by atoms with Gasteiger partial charge in [-0.25, -0.2) is 4.79 Å². The Labute approximate surface area is 107 Å². The molecule has 0 aliphatic carbocycles. The second kappa shape index (κ2) is 5.56. The molecule has 1 fully saturated rings. The number of carboxylic acid groups (broad SMARTS) is 1. The lowest BCUT2D eigenvalue weighted by Crippen LogP contribution is -2.43. The van der Waals surface area contributed by atoms with Crippen LogP contribution < -0.4 is 5.73 Å². The van der Waals surface area contributed by atoms with Crippen LogP contribution in [-0.4, -0.2) is 46.3 Å². The molecule has 1 amide bonds. The maximum Gasteiger partial charge on any atom is 0.410 e. The number of carbonyl (C=O) groups excluding carboxylic acids is 1. The molecule has 18 heavy (non-hydrogen) atoms. The summed E-state index contributed by atoms with van der Waals surface area (Å²) >= 11 is 0. The van der Waals surface area contributed by atoms with E-state index < -0.39 is 17.6 Å². The van der Waals surface area contributed by atoms with Crippen molar-refractivity contribution in [3.05, 3.63) is 0 Å². The van der Waals surface area contributed by atoms with Crippen molar-refractivity contribution in [3.8, 4) is 0 Å². The Bertz CT molecular complexity index is 325. The van der Waals surface area contributed by atoms with Crippen LogP contribution in [0.2, 0.25) is 0 Å². The van der Waals surface area contributed by atoms with Crippen LogP contribution in [0.4, 0.5) is 4.79 Å². The summed E-state index contributed by atoms with van der Waals surface area (Å²) in [6, 6.07) is -1.07. The van der Waals surface area contributed by atoms with Gasteiger partial charge in [0.05, 0.1) is 0 Å². The molecule has 104 valence electrons. The van der Waals surface area contributed by atoms with Crippen LogP contribution in [0, 0.1) is 0 Å². The smallest absolute Gasteiger partial charge is 0.410 e. The fraction of sp³-hybridized carbons (Fsp3) is 0.833. The van der Waals surface area contributed by atoms with E-state index in [1.54, 1.807) is 25.7 Å². The van der Waals surface area contributed by atoms with E-state index in [-0.39, 0.29) is 18.6 Å². The summed E-state index contributed by atoms with van der Waals surface area (Å²) in [6.45, 7) is 6.02. The average Bonchev–Trinajstić information content (AvgIpc) is 2.62. The molecule has 2 atom stereocenters. The highest BCUT2D eigenvalue weighted by Crippen LogP contribution is 2.23. The van der Waals surface area contributed by atoms with Crippen molar-refractivity contribution >= 4 is 12.1 Å². The van der Waals surface area contributed by atoms with Crippen LogP contribution in [0.3, 0.4) is 0 Å². The molecular formula is C12H22N2O4. The van der Waals surface area contributed by atoms with Gasteiger partial charge in [0, 0.05) is 12.6 Å². The first kappa shape index (κ1) is 14.8. The summed E-state index contributed by atoms with van der Waals surface area (Å²) < 4.78 is 5.29. The quantitative estimate of drug-likeness (QED) is 0.793. The van der Waals surface area contributed by atoms with Crippen LogP contribution in [0.1, 0.15) is 40.0 Å². The van der Waals surface area contributed by atoms with Gasteiger partial charge in [-0.1, -0.05) is 0 Å². The number of aliphatic carboxylic acids is 1. The zero-order valence-electron chi connectivity index (χ0n) is 11.2. The lowest BCUT2D eigenvalue weighted by molar-refractivity contribution is -0.139. The SMILES string of the molecule is CC(C)(C)OC(=O)N1CCCC1C[C@H](N)C(=O)O. The number of rotatable bonds is 3. The van der Waals surface area contributed by atoms with E-state index in [0.29, 0.717) is 6.54 Å². The summed E-state index contributed by atoms with van der Waals surface area (Å²) in [6.07, 6.45) is 1.52. The van der Waals surface area contributed by atoms with Crippen LogP contribution in [-0.2, 0) is 9.53 Å². The normalized spacial score (nSPS) is 21.8. The van der Waals surface area contributed by atoms with Crippen molar-refractivity contribution < 1.29 is 19.4 Å². The highest BCUT2D eigenvalue weighted by molar-refractivity contribution is 5.73. The van der Waals surface area contributed by atoms with E-state index in [4.69, 9.17) is 15.6 Å². The largest absolute Gasteiger partial charge is 0.480 e. The summed E-state index contributed by atoms with van der Waals surface area (Å²) in [5.74, 6) is -1.04. The van der Waals surface area contributed by atoms with E-state index in [1.807, 2.05) is 0 Å². The van der Waals surface area contributed by atoms with Gasteiger partial charge in [0.1, 0.15) is 11.6 Å². The van der Waals surface area contributed by atoms with Crippen LogP contribution in [0.15, 0.2) is 0 Å². The predicted molar refractivity (Wildman–Crippen MR) is 66.2 cm³/mol. The molecule has 0 saturated carbocycles. The van der Waals surface area contributed by atoms with Gasteiger partial charge in [-0.05, 0) is 40.0 Å². The number of nitrogens with two attached hydrogens (primary N) is 1. The van der Waals surface area contributed by atoms with Crippen molar-refractivity contribution in [2.75, 3.05) is 6.54 Å². The third kappa shape index (κ3) is 4.18. The van der Waals surface area contributed by atoms with Gasteiger partial charge in [0.25, 0.3) is 0 Å². The molecule has 0 aromatic carbocycles. The van der Waals surface area contributed by atoms with Gasteiger partial charge in [0.2, 0.25) is 0 Å². The first-order chi connectivity index (χ1) is 8.20. The van der Waals surface area contributed by atoms with Crippen LogP contribution in [0.5, 0.6) is 0 Å². The Morgan fingerprint density at radius 1 is 1.50 bits per heavy atom. The minimum Gasteiger partial charge on any atom is -0.480 e. The molecule has 1 unspecified atom stereocenters. The molecule has 0 spiro atoms. The number of carboxylic acids is 1. The molecule has 0 aromatic heterocycles. The second-order valence-corrected chi connectivity index (χ2v) is 5.65. The lowest BCUT2D eigenvalue weighted by atomic mass is 10.1. The number of amides is 1. The van der Waals surface area contributed by atoms with Crippen molar-refractivity contribution in [1.29, 1.82) is 0 Å². The van der Waals surface area contributed by atoms with E-state index in [0.717, 1.165) is 12.8 Å². The fourth-order valence-corrected chi connectivity index (χ4v) is 2.04. The summed E-state index contributed by atoms with van der Waals surface area (Å²) in [5, 5.41) is 8.79. The lowest BCUT2D eigenvalue weighted by Gasteiger charge is -2.29. The monoisotopic (exact) mass is 258 g/mol. The Balaban J connectivity index is 2.59. The van der Waals surface area contributed by atoms with Crippen molar-refractivity contribution in [3.63, 3.8) is 0 Å². The third-order valence-corrected chi connectivity index (χ3v) is 2.85. The number of hydrogen-bond acceptors (Lipinski definition) is 4. The Morgan fingerprint density at radius 3 is 2.61 bits per heavy atom. The maximum absolute atomic E-state index is 11.9. The number of hydrogen-bond donors (Lipinski definition) is 2. The van der Waals surface area contributed by atoms with Gasteiger partial charge >= 0.3 is 12.1 Å². The van der Waals surface area contributed by atoms with E-state index >= 15 is 0 Å².